The lowest BCUT2D eigenvalue weighted by atomic mass is 10.0. The number of likely N-dealkylation sites (N-methyl/N-ethyl adjacent to an activating group) is 1. The van der Waals surface area contributed by atoms with Gasteiger partial charge in [0.2, 0.25) is 5.91 Å². The molecule has 0 aliphatic heterocycles. The van der Waals surface area contributed by atoms with Crippen LogP contribution in [-0.2, 0) is 14.3 Å². The fourth-order valence-electron chi connectivity index (χ4n) is 1.96. The maximum absolute atomic E-state index is 12.0. The first-order chi connectivity index (χ1) is 8.17. The molecule has 1 rings (SSSR count). The summed E-state index contributed by atoms with van der Waals surface area (Å²) >= 11 is 0. The van der Waals surface area contributed by atoms with Crippen molar-refractivity contribution >= 4 is 11.9 Å². The minimum atomic E-state index is -0.329. The van der Waals surface area contributed by atoms with Crippen LogP contribution < -0.4 is 0 Å². The van der Waals surface area contributed by atoms with Crippen LogP contribution in [0.3, 0.4) is 0 Å². The highest BCUT2D eigenvalue weighted by Gasteiger charge is 2.20. The molecule has 0 N–H and O–H groups in total. The first-order valence-corrected chi connectivity index (χ1v) is 6.27. The lowest BCUT2D eigenvalue weighted by Gasteiger charge is -2.21. The SMILES string of the molecule is CCOC(=O)CN(CC)C(=O)CC1C=CCC1. The van der Waals surface area contributed by atoms with Crippen molar-refractivity contribution in [3.63, 3.8) is 0 Å². The molecular formula is C13H21NO3. The van der Waals surface area contributed by atoms with E-state index in [2.05, 4.69) is 12.2 Å². The molecule has 4 nitrogen and oxygen atoms in total. The van der Waals surface area contributed by atoms with Gasteiger partial charge in [-0.05, 0) is 32.6 Å². The molecule has 0 aromatic carbocycles. The van der Waals surface area contributed by atoms with Crippen molar-refractivity contribution in [1.82, 2.24) is 4.90 Å². The Morgan fingerprint density at radius 2 is 2.18 bits per heavy atom. The Labute approximate surface area is 103 Å². The summed E-state index contributed by atoms with van der Waals surface area (Å²) in [6.45, 7) is 4.62. The van der Waals surface area contributed by atoms with Crippen LogP contribution in [0.15, 0.2) is 12.2 Å². The number of amides is 1. The highest BCUT2D eigenvalue weighted by atomic mass is 16.5. The van der Waals surface area contributed by atoms with E-state index >= 15 is 0 Å². The number of nitrogens with zero attached hydrogens (tertiary/aromatic N) is 1. The second-order valence-corrected chi connectivity index (χ2v) is 4.18. The fraction of sp³-hybridized carbons (Fsp3) is 0.692. The summed E-state index contributed by atoms with van der Waals surface area (Å²) in [6, 6.07) is 0. The summed E-state index contributed by atoms with van der Waals surface area (Å²) in [5, 5.41) is 0. The van der Waals surface area contributed by atoms with Crippen molar-refractivity contribution in [2.75, 3.05) is 19.7 Å². The molecule has 1 aliphatic carbocycles. The van der Waals surface area contributed by atoms with E-state index in [1.807, 2.05) is 6.92 Å². The van der Waals surface area contributed by atoms with E-state index in [1.165, 1.54) is 0 Å². The fourth-order valence-corrected chi connectivity index (χ4v) is 1.96. The van der Waals surface area contributed by atoms with E-state index in [9.17, 15) is 9.59 Å². The van der Waals surface area contributed by atoms with Gasteiger partial charge in [-0.15, -0.1) is 0 Å². The standard InChI is InChI=1S/C13H21NO3/c1-3-14(10-13(16)17-4-2)12(15)9-11-7-5-6-8-11/h5,7,11H,3-4,6,8-10H2,1-2H3. The largest absolute Gasteiger partial charge is 0.465 e. The average Bonchev–Trinajstić information content (AvgIpc) is 2.78. The van der Waals surface area contributed by atoms with E-state index in [-0.39, 0.29) is 18.4 Å². The van der Waals surface area contributed by atoms with E-state index in [0.29, 0.717) is 25.5 Å². The van der Waals surface area contributed by atoms with Crippen LogP contribution in [-0.4, -0.2) is 36.5 Å². The molecule has 0 heterocycles. The maximum atomic E-state index is 12.0. The van der Waals surface area contributed by atoms with E-state index < -0.39 is 0 Å². The highest BCUT2D eigenvalue weighted by Crippen LogP contribution is 2.21. The summed E-state index contributed by atoms with van der Waals surface area (Å²) in [5.74, 6) is 0.0560. The summed E-state index contributed by atoms with van der Waals surface area (Å²) in [7, 11) is 0. The Balaban J connectivity index is 2.40. The van der Waals surface area contributed by atoms with Gasteiger partial charge in [-0.3, -0.25) is 9.59 Å². The molecule has 0 saturated carbocycles. The number of hydrogen-bond acceptors (Lipinski definition) is 3. The Morgan fingerprint density at radius 3 is 2.71 bits per heavy atom. The molecule has 96 valence electrons. The molecule has 0 radical (unpaired) electrons. The number of rotatable bonds is 6. The molecule has 0 saturated heterocycles. The molecule has 0 bridgehead atoms. The van der Waals surface area contributed by atoms with Crippen molar-refractivity contribution in [1.29, 1.82) is 0 Å². The van der Waals surface area contributed by atoms with Crippen LogP contribution in [0.25, 0.3) is 0 Å². The maximum Gasteiger partial charge on any atom is 0.325 e. The second kappa shape index (κ2) is 7.09. The Morgan fingerprint density at radius 1 is 1.41 bits per heavy atom. The molecule has 0 fully saturated rings. The van der Waals surface area contributed by atoms with E-state index in [0.717, 1.165) is 12.8 Å². The number of allylic oxidation sites excluding steroid dienone is 2. The molecule has 1 atom stereocenters. The third-order valence-electron chi connectivity index (χ3n) is 2.91. The summed E-state index contributed by atoms with van der Waals surface area (Å²) < 4.78 is 4.85. The molecule has 4 heteroatoms. The summed E-state index contributed by atoms with van der Waals surface area (Å²) in [4.78, 5) is 24.8. The van der Waals surface area contributed by atoms with Gasteiger partial charge in [-0.2, -0.15) is 0 Å². The molecule has 0 aromatic heterocycles. The number of ether oxygens (including phenoxy) is 1. The first-order valence-electron chi connectivity index (χ1n) is 6.27. The quantitative estimate of drug-likeness (QED) is 0.524. The van der Waals surface area contributed by atoms with Crippen molar-refractivity contribution in [2.45, 2.75) is 33.1 Å². The smallest absolute Gasteiger partial charge is 0.325 e. The molecule has 1 amide bonds. The zero-order valence-corrected chi connectivity index (χ0v) is 10.6. The van der Waals surface area contributed by atoms with Crippen molar-refractivity contribution in [3.05, 3.63) is 12.2 Å². The first kappa shape index (κ1) is 13.7. The Hall–Kier alpha value is -1.32. The number of carbonyl (C=O) groups is 2. The lowest BCUT2D eigenvalue weighted by molar-refractivity contribution is -0.149. The third-order valence-corrected chi connectivity index (χ3v) is 2.91. The van der Waals surface area contributed by atoms with Crippen molar-refractivity contribution in [2.24, 2.45) is 5.92 Å². The summed E-state index contributed by atoms with van der Waals surface area (Å²) in [6.07, 6.45) is 6.81. The third kappa shape index (κ3) is 4.59. The van der Waals surface area contributed by atoms with Crippen LogP contribution >= 0.6 is 0 Å². The summed E-state index contributed by atoms with van der Waals surface area (Å²) in [5.41, 5.74) is 0. The van der Waals surface area contributed by atoms with E-state index in [4.69, 9.17) is 4.74 Å². The molecular weight excluding hydrogens is 218 g/mol. The van der Waals surface area contributed by atoms with Crippen LogP contribution in [0.2, 0.25) is 0 Å². The molecule has 1 aliphatic rings. The Kier molecular flexibility index (Phi) is 5.73. The molecule has 1 unspecified atom stereocenters. The minimum absolute atomic E-state index is 0.0390. The van der Waals surface area contributed by atoms with Gasteiger partial charge < -0.3 is 9.64 Å². The monoisotopic (exact) mass is 239 g/mol. The van der Waals surface area contributed by atoms with Gasteiger partial charge in [0.25, 0.3) is 0 Å². The van der Waals surface area contributed by atoms with Crippen LogP contribution in [0, 0.1) is 5.92 Å². The molecule has 17 heavy (non-hydrogen) atoms. The van der Waals surface area contributed by atoms with Crippen LogP contribution in [0.5, 0.6) is 0 Å². The minimum Gasteiger partial charge on any atom is -0.465 e. The van der Waals surface area contributed by atoms with Crippen LogP contribution in [0.1, 0.15) is 33.1 Å². The zero-order valence-electron chi connectivity index (χ0n) is 10.6. The van der Waals surface area contributed by atoms with Gasteiger partial charge in [-0.1, -0.05) is 12.2 Å². The predicted octanol–water partition coefficient (Wildman–Crippen LogP) is 1.75. The normalized spacial score (nSPS) is 18.1. The van der Waals surface area contributed by atoms with Gasteiger partial charge in [-0.25, -0.2) is 0 Å². The number of esters is 1. The average molecular weight is 239 g/mol. The lowest BCUT2D eigenvalue weighted by Crippen LogP contribution is -2.37. The number of hydrogen-bond donors (Lipinski definition) is 0. The molecule has 0 spiro atoms. The van der Waals surface area contributed by atoms with Crippen molar-refractivity contribution < 1.29 is 14.3 Å². The van der Waals surface area contributed by atoms with Gasteiger partial charge in [0.15, 0.2) is 0 Å². The van der Waals surface area contributed by atoms with Crippen molar-refractivity contribution in [3.8, 4) is 0 Å². The van der Waals surface area contributed by atoms with Gasteiger partial charge in [0.1, 0.15) is 6.54 Å². The Bertz CT molecular complexity index is 299. The van der Waals surface area contributed by atoms with Gasteiger partial charge in [0, 0.05) is 13.0 Å². The zero-order chi connectivity index (χ0) is 12.7. The second-order valence-electron chi connectivity index (χ2n) is 4.18. The predicted molar refractivity (Wildman–Crippen MR) is 65.4 cm³/mol. The van der Waals surface area contributed by atoms with Gasteiger partial charge >= 0.3 is 5.97 Å². The van der Waals surface area contributed by atoms with Gasteiger partial charge in [0.05, 0.1) is 6.61 Å². The highest BCUT2D eigenvalue weighted by molar-refractivity contribution is 5.82. The molecule has 0 aromatic rings. The topological polar surface area (TPSA) is 46.6 Å². The number of carbonyl (C=O) groups excluding carboxylic acids is 2. The van der Waals surface area contributed by atoms with Crippen LogP contribution in [0.4, 0.5) is 0 Å². The van der Waals surface area contributed by atoms with E-state index in [1.54, 1.807) is 11.8 Å².